The number of rotatable bonds is 5. The normalized spacial score (nSPS) is 44.4. The Morgan fingerprint density at radius 1 is 1.03 bits per heavy atom. The first kappa shape index (κ1) is 26.4. The number of nitrogens with zero attached hydrogens (tertiary/aromatic N) is 3. The van der Waals surface area contributed by atoms with Gasteiger partial charge in [0.05, 0.1) is 35.9 Å². The molecular formula is C30H46FN5O3. The monoisotopic (exact) mass is 543 g/mol. The second-order valence-corrected chi connectivity index (χ2v) is 13.5. The van der Waals surface area contributed by atoms with Gasteiger partial charge in [0.25, 0.3) is 5.91 Å². The zero-order valence-electron chi connectivity index (χ0n) is 23.2. The number of halogens is 1. The van der Waals surface area contributed by atoms with E-state index in [1.165, 1.54) is 38.5 Å². The van der Waals surface area contributed by atoms with Gasteiger partial charge in [0.1, 0.15) is 6.17 Å². The van der Waals surface area contributed by atoms with Crippen molar-refractivity contribution in [2.75, 3.05) is 39.3 Å². The van der Waals surface area contributed by atoms with E-state index >= 15 is 4.39 Å². The Balaban J connectivity index is 1.18. The predicted molar refractivity (Wildman–Crippen MR) is 145 cm³/mol. The lowest BCUT2D eigenvalue weighted by Crippen LogP contribution is -2.73. The van der Waals surface area contributed by atoms with E-state index in [4.69, 9.17) is 10.5 Å². The van der Waals surface area contributed by atoms with Crippen molar-refractivity contribution in [3.05, 3.63) is 11.8 Å². The van der Waals surface area contributed by atoms with Crippen LogP contribution in [0.3, 0.4) is 0 Å². The number of nitrogens with one attached hydrogen (secondary N) is 1. The van der Waals surface area contributed by atoms with Crippen LogP contribution in [-0.4, -0.2) is 108 Å². The minimum absolute atomic E-state index is 0.0132. The van der Waals surface area contributed by atoms with Gasteiger partial charge >= 0.3 is 0 Å². The first-order chi connectivity index (χ1) is 19.0. The summed E-state index contributed by atoms with van der Waals surface area (Å²) in [6, 6.07) is -0.395. The number of ketones is 1. The Morgan fingerprint density at radius 2 is 1.79 bits per heavy atom. The van der Waals surface area contributed by atoms with Crippen molar-refractivity contribution in [1.29, 1.82) is 0 Å². The lowest BCUT2D eigenvalue weighted by molar-refractivity contribution is -0.219. The molecule has 3 saturated carbocycles. The number of carbonyl (C=O) groups excluding carboxylic acids is 2. The summed E-state index contributed by atoms with van der Waals surface area (Å²) in [7, 11) is 0. The van der Waals surface area contributed by atoms with Crippen LogP contribution in [0, 0.1) is 17.8 Å². The number of amides is 1. The van der Waals surface area contributed by atoms with E-state index in [1.807, 2.05) is 6.20 Å². The lowest BCUT2D eigenvalue weighted by atomic mass is 9.64. The van der Waals surface area contributed by atoms with E-state index < -0.39 is 12.1 Å². The van der Waals surface area contributed by atoms with Crippen LogP contribution in [0.1, 0.15) is 64.2 Å². The molecule has 216 valence electrons. The Hall–Kier alpha value is -1.55. The van der Waals surface area contributed by atoms with Crippen molar-refractivity contribution in [3.63, 3.8) is 0 Å². The highest BCUT2D eigenvalue weighted by Gasteiger charge is 2.60. The van der Waals surface area contributed by atoms with Gasteiger partial charge in [-0.2, -0.15) is 0 Å². The molecule has 0 aromatic carbocycles. The number of ether oxygens (including phenoxy) is 1. The Labute approximate surface area is 231 Å². The summed E-state index contributed by atoms with van der Waals surface area (Å²) in [5.41, 5.74) is 6.46. The molecular weight excluding hydrogens is 497 g/mol. The van der Waals surface area contributed by atoms with Gasteiger partial charge in [0.15, 0.2) is 5.78 Å². The summed E-state index contributed by atoms with van der Waals surface area (Å²) >= 11 is 0. The highest BCUT2D eigenvalue weighted by Crippen LogP contribution is 2.50. The fourth-order valence-electron chi connectivity index (χ4n) is 9.38. The van der Waals surface area contributed by atoms with Crippen molar-refractivity contribution in [3.8, 4) is 0 Å². The predicted octanol–water partition coefficient (Wildman–Crippen LogP) is 1.83. The highest BCUT2D eigenvalue weighted by molar-refractivity contribution is 6.20. The van der Waals surface area contributed by atoms with E-state index in [0.717, 1.165) is 45.4 Å². The van der Waals surface area contributed by atoms with Crippen LogP contribution in [0.4, 0.5) is 4.39 Å². The Morgan fingerprint density at radius 3 is 2.54 bits per heavy atom. The van der Waals surface area contributed by atoms with Crippen LogP contribution in [0.25, 0.3) is 0 Å². The summed E-state index contributed by atoms with van der Waals surface area (Å²) in [5.74, 6) is 0.290. The molecule has 0 spiro atoms. The van der Waals surface area contributed by atoms with E-state index in [1.54, 1.807) is 0 Å². The van der Waals surface area contributed by atoms with E-state index in [0.29, 0.717) is 24.9 Å². The molecule has 9 unspecified atom stereocenters. The minimum atomic E-state index is -1.17. The largest absolute Gasteiger partial charge is 0.369 e. The molecule has 7 aliphatic rings. The van der Waals surface area contributed by atoms with Gasteiger partial charge < -0.3 is 25.6 Å². The molecule has 0 radical (unpaired) electrons. The zero-order chi connectivity index (χ0) is 26.7. The zero-order valence-corrected chi connectivity index (χ0v) is 23.2. The van der Waals surface area contributed by atoms with Crippen LogP contribution in [-0.2, 0) is 14.3 Å². The molecule has 7 rings (SSSR count). The molecule has 4 heterocycles. The van der Waals surface area contributed by atoms with Crippen LogP contribution in [0.2, 0.25) is 0 Å². The fraction of sp³-hybridized carbons (Fsp3) is 0.867. The average Bonchev–Trinajstić information content (AvgIpc) is 3.60. The summed E-state index contributed by atoms with van der Waals surface area (Å²) in [6.45, 7) is 4.93. The van der Waals surface area contributed by atoms with Gasteiger partial charge in [0, 0.05) is 44.3 Å². The van der Waals surface area contributed by atoms with Crippen LogP contribution in [0.15, 0.2) is 11.8 Å². The van der Waals surface area contributed by atoms with Crippen molar-refractivity contribution in [1.82, 2.24) is 20.0 Å². The standard InChI is InChI=1S/C30H46FN5O3/c31-23-15-21-26-29(27(23)35-11-7-20(32)16-35)39-25-14-19-6-2-1-5-18(19)13-24(25)36(26)17-22(28(21)37)30(38)33-8-12-34-9-3-4-10-34/h17-21,23-27,29H,1-16,32H2,(H,33,38)/t18?,19?,20-,21?,23?,24?,25?,26?,27?,29?/m0/s1. The lowest BCUT2D eigenvalue weighted by Gasteiger charge is -2.61. The van der Waals surface area contributed by atoms with Gasteiger partial charge in [0.2, 0.25) is 0 Å². The first-order valence-corrected chi connectivity index (χ1v) is 15.8. The number of carbonyl (C=O) groups is 2. The van der Waals surface area contributed by atoms with Crippen molar-refractivity contribution < 1.29 is 18.7 Å². The highest BCUT2D eigenvalue weighted by atomic mass is 19.1. The molecule has 8 nitrogen and oxygen atoms in total. The molecule has 0 aromatic heterocycles. The number of fused-ring (bicyclic) bond motifs is 3. The van der Waals surface area contributed by atoms with Gasteiger partial charge in [-0.1, -0.05) is 25.7 Å². The third kappa shape index (κ3) is 4.75. The number of Topliss-reactive ketones (excluding diaryl/α,β-unsaturated/α-hetero) is 1. The second-order valence-electron chi connectivity index (χ2n) is 13.5. The molecule has 3 saturated heterocycles. The maximum Gasteiger partial charge on any atom is 0.256 e. The fourth-order valence-corrected chi connectivity index (χ4v) is 9.38. The SMILES string of the molecule is N[C@H]1CCN(C2C(F)CC3C(=O)C(C(=O)NCCN4CCCC4)=CN4C5CC6CCCCC6CC5OC2C34)C1. The molecule has 1 amide bonds. The van der Waals surface area contributed by atoms with E-state index in [-0.39, 0.29) is 60.1 Å². The maximum absolute atomic E-state index is 16.1. The number of hydrogen-bond acceptors (Lipinski definition) is 7. The van der Waals surface area contributed by atoms with Crippen LogP contribution >= 0.6 is 0 Å². The third-order valence-electron chi connectivity index (χ3n) is 11.3. The van der Waals surface area contributed by atoms with Crippen molar-refractivity contribution in [2.24, 2.45) is 23.5 Å². The average molecular weight is 544 g/mol. The van der Waals surface area contributed by atoms with Gasteiger partial charge in [-0.3, -0.25) is 14.5 Å². The number of morpholine rings is 1. The molecule has 4 aliphatic heterocycles. The van der Waals surface area contributed by atoms with E-state index in [2.05, 4.69) is 20.0 Å². The summed E-state index contributed by atoms with van der Waals surface area (Å²) in [6.07, 6.45) is 10.9. The molecule has 0 aromatic rings. The number of nitrogens with two attached hydrogens (primary N) is 1. The first-order valence-electron chi connectivity index (χ1n) is 15.8. The smallest absolute Gasteiger partial charge is 0.256 e. The molecule has 0 bridgehead atoms. The maximum atomic E-state index is 16.1. The molecule has 6 fully saturated rings. The van der Waals surface area contributed by atoms with Crippen LogP contribution < -0.4 is 11.1 Å². The molecule has 39 heavy (non-hydrogen) atoms. The van der Waals surface area contributed by atoms with Gasteiger partial charge in [-0.25, -0.2) is 4.39 Å². The Kier molecular flexibility index (Phi) is 7.23. The molecule has 3 N–H and O–H groups in total. The second kappa shape index (κ2) is 10.7. The topological polar surface area (TPSA) is 91.1 Å². The van der Waals surface area contributed by atoms with Crippen LogP contribution in [0.5, 0.6) is 0 Å². The minimum Gasteiger partial charge on any atom is -0.369 e. The van der Waals surface area contributed by atoms with Crippen molar-refractivity contribution in [2.45, 2.75) is 107 Å². The molecule has 9 heteroatoms. The molecule has 10 atom stereocenters. The molecule has 3 aliphatic carbocycles. The quantitative estimate of drug-likeness (QED) is 0.512. The van der Waals surface area contributed by atoms with Gasteiger partial charge in [-0.05, 0) is 63.5 Å². The summed E-state index contributed by atoms with van der Waals surface area (Å²) in [4.78, 5) is 34.1. The van der Waals surface area contributed by atoms with Gasteiger partial charge in [-0.15, -0.1) is 0 Å². The third-order valence-corrected chi connectivity index (χ3v) is 11.3. The summed E-state index contributed by atoms with van der Waals surface area (Å²) < 4.78 is 23.0. The Bertz CT molecular complexity index is 988. The van der Waals surface area contributed by atoms with Crippen molar-refractivity contribution >= 4 is 11.7 Å². The summed E-state index contributed by atoms with van der Waals surface area (Å²) in [5, 5.41) is 3.02. The van der Waals surface area contributed by atoms with E-state index in [9.17, 15) is 9.59 Å². The number of hydrogen-bond donors (Lipinski definition) is 2. The number of alkyl halides is 1. The number of likely N-dealkylation sites (tertiary alicyclic amines) is 2.